The number of para-hydroxylation sites is 2. The molecule has 186 valence electrons. The van der Waals surface area contributed by atoms with E-state index in [9.17, 15) is 9.59 Å². The van der Waals surface area contributed by atoms with Gasteiger partial charge in [-0.1, -0.05) is 56.7 Å². The number of benzene rings is 1. The summed E-state index contributed by atoms with van der Waals surface area (Å²) in [5.74, 6) is 0.824. The number of hydrogen-bond acceptors (Lipinski definition) is 4. The van der Waals surface area contributed by atoms with Gasteiger partial charge >= 0.3 is 0 Å². The van der Waals surface area contributed by atoms with Crippen LogP contribution in [0.1, 0.15) is 92.7 Å². The molecule has 0 bridgehead atoms. The zero-order valence-corrected chi connectivity index (χ0v) is 21.4. The fourth-order valence-electron chi connectivity index (χ4n) is 5.97. The summed E-state index contributed by atoms with van der Waals surface area (Å²) in [6.07, 6.45) is 11.9. The van der Waals surface area contributed by atoms with Crippen LogP contribution in [-0.4, -0.2) is 38.3 Å². The average Bonchev–Trinajstić information content (AvgIpc) is 3.55. The van der Waals surface area contributed by atoms with Gasteiger partial charge in [-0.2, -0.15) is 0 Å². The first-order chi connectivity index (χ1) is 17.1. The van der Waals surface area contributed by atoms with Crippen molar-refractivity contribution in [1.82, 2.24) is 19.8 Å². The molecule has 2 saturated carbocycles. The number of carbonyl (C=O) groups excluding carboxylic acids is 2. The van der Waals surface area contributed by atoms with E-state index in [1.54, 1.807) is 0 Å². The van der Waals surface area contributed by atoms with Crippen molar-refractivity contribution in [2.45, 2.75) is 95.8 Å². The first-order valence-electron chi connectivity index (χ1n) is 13.2. The number of carbonyl (C=O) groups is 2. The Morgan fingerprint density at radius 2 is 1.66 bits per heavy atom. The Labute approximate surface area is 211 Å². The number of hydrogen-bond donors (Lipinski definition) is 1. The van der Waals surface area contributed by atoms with Gasteiger partial charge in [-0.15, -0.1) is 11.3 Å². The van der Waals surface area contributed by atoms with Crippen LogP contribution in [0.2, 0.25) is 0 Å². The largest absolute Gasteiger partial charge is 0.342 e. The number of rotatable bonds is 7. The Balaban J connectivity index is 1.43. The molecule has 2 aliphatic rings. The lowest BCUT2D eigenvalue weighted by atomic mass is 9.88. The molecule has 6 nitrogen and oxygen atoms in total. The minimum atomic E-state index is -0.317. The summed E-state index contributed by atoms with van der Waals surface area (Å²) in [6, 6.07) is 12.1. The van der Waals surface area contributed by atoms with Crippen molar-refractivity contribution in [1.29, 1.82) is 0 Å². The summed E-state index contributed by atoms with van der Waals surface area (Å²) in [5.41, 5.74) is 1.80. The molecule has 3 aromatic rings. The minimum absolute atomic E-state index is 0.108. The molecule has 0 aliphatic heterocycles. The molecule has 1 unspecified atom stereocenters. The van der Waals surface area contributed by atoms with Crippen molar-refractivity contribution in [3.63, 3.8) is 0 Å². The van der Waals surface area contributed by atoms with E-state index >= 15 is 0 Å². The number of thiophene rings is 1. The molecule has 2 aliphatic carbocycles. The van der Waals surface area contributed by atoms with Gasteiger partial charge in [-0.25, -0.2) is 4.98 Å². The molecule has 0 spiro atoms. The van der Waals surface area contributed by atoms with Gasteiger partial charge in [0, 0.05) is 12.1 Å². The van der Waals surface area contributed by atoms with Crippen LogP contribution in [0.4, 0.5) is 0 Å². The van der Waals surface area contributed by atoms with E-state index in [2.05, 4.69) is 10.2 Å². The molecule has 2 amide bonds. The SMILES string of the molecule is CC(NC(=O)c1cccs1)c1nc2ccccc2n1CC(=O)N(C1CCCCC1)C1CCCCC1. The highest BCUT2D eigenvalue weighted by molar-refractivity contribution is 7.12. The van der Waals surface area contributed by atoms with E-state index in [1.165, 1.54) is 49.9 Å². The van der Waals surface area contributed by atoms with Gasteiger partial charge in [-0.3, -0.25) is 9.59 Å². The van der Waals surface area contributed by atoms with Gasteiger partial charge in [0.15, 0.2) is 0 Å². The van der Waals surface area contributed by atoms with Gasteiger partial charge in [0.05, 0.1) is 22.0 Å². The topological polar surface area (TPSA) is 67.2 Å². The second-order valence-electron chi connectivity index (χ2n) is 10.1. The molecule has 2 aromatic heterocycles. The Kier molecular flexibility index (Phi) is 7.51. The molecule has 2 fully saturated rings. The number of amides is 2. The molecule has 0 radical (unpaired) electrons. The highest BCUT2D eigenvalue weighted by Crippen LogP contribution is 2.31. The summed E-state index contributed by atoms with van der Waals surface area (Å²) in [5, 5.41) is 4.99. The maximum atomic E-state index is 14.0. The van der Waals surface area contributed by atoms with Crippen molar-refractivity contribution < 1.29 is 9.59 Å². The third-order valence-corrected chi connectivity index (χ3v) is 8.55. The molecule has 1 aromatic carbocycles. The van der Waals surface area contributed by atoms with Crippen molar-refractivity contribution in [3.05, 3.63) is 52.5 Å². The first-order valence-corrected chi connectivity index (χ1v) is 14.1. The van der Waals surface area contributed by atoms with E-state index in [-0.39, 0.29) is 24.4 Å². The summed E-state index contributed by atoms with van der Waals surface area (Å²) >= 11 is 1.42. The quantitative estimate of drug-likeness (QED) is 0.434. The number of aromatic nitrogens is 2. The van der Waals surface area contributed by atoms with Crippen LogP contribution in [0.25, 0.3) is 11.0 Å². The summed E-state index contributed by atoms with van der Waals surface area (Å²) in [7, 11) is 0. The Morgan fingerprint density at radius 3 is 2.29 bits per heavy atom. The van der Waals surface area contributed by atoms with Gasteiger partial charge in [0.2, 0.25) is 5.91 Å². The zero-order valence-electron chi connectivity index (χ0n) is 20.6. The lowest BCUT2D eigenvalue weighted by Gasteiger charge is -2.42. The van der Waals surface area contributed by atoms with Crippen LogP contribution in [0, 0.1) is 0 Å². The summed E-state index contributed by atoms with van der Waals surface area (Å²) in [6.45, 7) is 2.22. The van der Waals surface area contributed by atoms with Crippen LogP contribution < -0.4 is 5.32 Å². The number of fused-ring (bicyclic) bond motifs is 1. The van der Waals surface area contributed by atoms with E-state index in [1.807, 2.05) is 53.3 Å². The van der Waals surface area contributed by atoms with Gasteiger partial charge in [-0.05, 0) is 56.2 Å². The predicted molar refractivity (Wildman–Crippen MR) is 141 cm³/mol. The van der Waals surface area contributed by atoms with Crippen LogP contribution >= 0.6 is 11.3 Å². The predicted octanol–water partition coefficient (Wildman–Crippen LogP) is 6.08. The normalized spacial score (nSPS) is 18.4. The minimum Gasteiger partial charge on any atom is -0.342 e. The standard InChI is InChI=1S/C28H36N4O2S/c1-20(29-28(34)25-17-10-18-35-25)27-30-23-15-8-9-16-24(23)31(27)19-26(33)32(21-11-4-2-5-12-21)22-13-6-3-7-14-22/h8-10,15-18,20-22H,2-7,11-14,19H2,1H3,(H,29,34). The maximum absolute atomic E-state index is 14.0. The molecule has 2 heterocycles. The zero-order chi connectivity index (χ0) is 24.2. The second kappa shape index (κ2) is 10.9. The molecule has 0 saturated heterocycles. The molecule has 1 atom stereocenters. The third kappa shape index (κ3) is 5.30. The molecular weight excluding hydrogens is 456 g/mol. The monoisotopic (exact) mass is 492 g/mol. The van der Waals surface area contributed by atoms with Crippen molar-refractivity contribution in [2.75, 3.05) is 0 Å². The van der Waals surface area contributed by atoms with Crippen molar-refractivity contribution in [2.24, 2.45) is 0 Å². The van der Waals surface area contributed by atoms with E-state index in [0.717, 1.165) is 42.5 Å². The lowest BCUT2D eigenvalue weighted by Crippen LogP contribution is -2.50. The van der Waals surface area contributed by atoms with E-state index in [0.29, 0.717) is 17.0 Å². The number of imidazole rings is 1. The average molecular weight is 493 g/mol. The summed E-state index contributed by atoms with van der Waals surface area (Å²) in [4.78, 5) is 34.6. The number of nitrogens with one attached hydrogen (secondary N) is 1. The fraction of sp³-hybridized carbons (Fsp3) is 0.536. The van der Waals surface area contributed by atoms with Crippen LogP contribution in [0.3, 0.4) is 0 Å². The van der Waals surface area contributed by atoms with Gasteiger partial charge in [0.25, 0.3) is 5.91 Å². The summed E-state index contributed by atoms with van der Waals surface area (Å²) < 4.78 is 2.04. The molecule has 7 heteroatoms. The van der Waals surface area contributed by atoms with Gasteiger partial charge in [0.1, 0.15) is 12.4 Å². The van der Waals surface area contributed by atoms with Crippen LogP contribution in [-0.2, 0) is 11.3 Å². The highest BCUT2D eigenvalue weighted by atomic mass is 32.1. The Morgan fingerprint density at radius 1 is 1.00 bits per heavy atom. The second-order valence-corrected chi connectivity index (χ2v) is 11.0. The van der Waals surface area contributed by atoms with Gasteiger partial charge < -0.3 is 14.8 Å². The molecule has 35 heavy (non-hydrogen) atoms. The van der Waals surface area contributed by atoms with Crippen LogP contribution in [0.15, 0.2) is 41.8 Å². The highest BCUT2D eigenvalue weighted by Gasteiger charge is 2.33. The van der Waals surface area contributed by atoms with E-state index < -0.39 is 0 Å². The number of nitrogens with zero attached hydrogens (tertiary/aromatic N) is 3. The van der Waals surface area contributed by atoms with E-state index in [4.69, 9.17) is 4.98 Å². The third-order valence-electron chi connectivity index (χ3n) is 7.68. The van der Waals surface area contributed by atoms with Crippen molar-refractivity contribution in [3.8, 4) is 0 Å². The van der Waals surface area contributed by atoms with Crippen molar-refractivity contribution >= 4 is 34.2 Å². The Bertz CT molecular complexity index is 1130. The lowest BCUT2D eigenvalue weighted by molar-refractivity contribution is -0.138. The smallest absolute Gasteiger partial charge is 0.261 e. The fourth-order valence-corrected chi connectivity index (χ4v) is 6.60. The first kappa shape index (κ1) is 24.0. The maximum Gasteiger partial charge on any atom is 0.261 e. The molecule has 5 rings (SSSR count). The molecular formula is C28H36N4O2S. The van der Waals surface area contributed by atoms with Crippen LogP contribution in [0.5, 0.6) is 0 Å². The molecule has 1 N–H and O–H groups in total. The Hall–Kier alpha value is -2.67.